The number of aromatic carboxylic acids is 1. The van der Waals surface area contributed by atoms with Gasteiger partial charge in [0.25, 0.3) is 0 Å². The van der Waals surface area contributed by atoms with E-state index in [2.05, 4.69) is 15.6 Å². The van der Waals surface area contributed by atoms with Crippen LogP contribution in [0.25, 0.3) is 0 Å². The van der Waals surface area contributed by atoms with Crippen molar-refractivity contribution in [2.45, 2.75) is 45.4 Å². The molecule has 3 rings (SSSR count). The maximum Gasteiger partial charge on any atom is 0.408 e. The second kappa shape index (κ2) is 12.7. The van der Waals surface area contributed by atoms with E-state index < -0.39 is 30.1 Å². The van der Waals surface area contributed by atoms with Crippen molar-refractivity contribution in [3.05, 3.63) is 87.9 Å². The predicted octanol–water partition coefficient (Wildman–Crippen LogP) is 4.58. The van der Waals surface area contributed by atoms with Gasteiger partial charge in [0, 0.05) is 11.8 Å². The summed E-state index contributed by atoms with van der Waals surface area (Å²) in [7, 11) is 0. The van der Waals surface area contributed by atoms with Crippen LogP contribution in [0.1, 0.15) is 52.9 Å². The van der Waals surface area contributed by atoms with E-state index in [9.17, 15) is 19.5 Å². The first-order valence-electron chi connectivity index (χ1n) is 11.3. The summed E-state index contributed by atoms with van der Waals surface area (Å²) in [6.45, 7) is 4.09. The van der Waals surface area contributed by atoms with E-state index in [1.54, 1.807) is 5.38 Å². The lowest BCUT2D eigenvalue weighted by molar-refractivity contribution is -0.124. The minimum Gasteiger partial charge on any atom is -0.476 e. The van der Waals surface area contributed by atoms with Gasteiger partial charge in [0.15, 0.2) is 0 Å². The van der Waals surface area contributed by atoms with Gasteiger partial charge in [0.1, 0.15) is 12.6 Å². The molecule has 0 aliphatic carbocycles. The highest BCUT2D eigenvalue weighted by Crippen LogP contribution is 2.23. The van der Waals surface area contributed by atoms with Gasteiger partial charge in [-0.2, -0.15) is 0 Å². The van der Waals surface area contributed by atoms with Crippen molar-refractivity contribution in [3.8, 4) is 0 Å². The van der Waals surface area contributed by atoms with Crippen LogP contribution in [-0.4, -0.2) is 34.1 Å². The third-order valence-corrected chi connectivity index (χ3v) is 6.04. The molecule has 0 fully saturated rings. The molecule has 2 atom stereocenters. The summed E-state index contributed by atoms with van der Waals surface area (Å²) in [5.74, 6) is -1.30. The minimum atomic E-state index is -1.11. The highest BCUT2D eigenvalue weighted by atomic mass is 32.1. The molecule has 0 saturated carbocycles. The fourth-order valence-corrected chi connectivity index (χ4v) is 4.22. The normalized spacial score (nSPS) is 12.5. The van der Waals surface area contributed by atoms with Crippen molar-refractivity contribution in [2.75, 3.05) is 0 Å². The number of hydrogen-bond acceptors (Lipinski definition) is 6. The molecule has 0 radical (unpaired) electrons. The highest BCUT2D eigenvalue weighted by Gasteiger charge is 2.27. The van der Waals surface area contributed by atoms with E-state index in [0.717, 1.165) is 22.5 Å². The molecule has 0 aliphatic rings. The Labute approximate surface area is 208 Å². The lowest BCUT2D eigenvalue weighted by Gasteiger charge is -2.24. The summed E-state index contributed by atoms with van der Waals surface area (Å²) in [6.07, 6.45) is 0.122. The van der Waals surface area contributed by atoms with Crippen molar-refractivity contribution in [2.24, 2.45) is 5.92 Å². The zero-order valence-corrected chi connectivity index (χ0v) is 20.5. The van der Waals surface area contributed by atoms with Crippen LogP contribution < -0.4 is 10.6 Å². The Morgan fingerprint density at radius 3 is 2.17 bits per heavy atom. The molecule has 0 saturated heterocycles. The standard InChI is InChI=1S/C26H29N3O5S/c1-17(2)13-20(22-16-35-24(28-22)25(31)32)27-23(30)21(14-18-9-5-3-6-10-18)29-26(33)34-15-19-11-7-4-8-12-19/h3-12,16-17,20-21H,13-15H2,1-2H3,(H,27,30)(H,29,33)(H,31,32)/t20-,21-/m0/s1. The first-order valence-corrected chi connectivity index (χ1v) is 12.2. The number of benzene rings is 2. The molecule has 9 heteroatoms. The van der Waals surface area contributed by atoms with Gasteiger partial charge >= 0.3 is 12.1 Å². The summed E-state index contributed by atoms with van der Waals surface area (Å²) >= 11 is 1.01. The molecule has 8 nitrogen and oxygen atoms in total. The van der Waals surface area contributed by atoms with E-state index in [1.165, 1.54) is 0 Å². The Morgan fingerprint density at radius 1 is 0.971 bits per heavy atom. The van der Waals surface area contributed by atoms with Gasteiger partial charge in [-0.1, -0.05) is 74.5 Å². The average molecular weight is 496 g/mol. The Kier molecular flexibility index (Phi) is 9.37. The van der Waals surface area contributed by atoms with Crippen molar-refractivity contribution >= 4 is 29.3 Å². The second-order valence-corrected chi connectivity index (χ2v) is 9.38. The summed E-state index contributed by atoms with van der Waals surface area (Å²) in [6, 6.07) is 17.2. The zero-order valence-electron chi connectivity index (χ0n) is 19.6. The number of hydrogen-bond donors (Lipinski definition) is 3. The number of carbonyl (C=O) groups excluding carboxylic acids is 2. The lowest BCUT2D eigenvalue weighted by atomic mass is 10.00. The smallest absolute Gasteiger partial charge is 0.408 e. The number of alkyl carbamates (subject to hydrolysis) is 1. The van der Waals surface area contributed by atoms with E-state index in [-0.39, 0.29) is 24.0 Å². The fraction of sp³-hybridized carbons (Fsp3) is 0.308. The molecule has 184 valence electrons. The third kappa shape index (κ3) is 8.22. The van der Waals surface area contributed by atoms with Gasteiger partial charge < -0.3 is 20.5 Å². The average Bonchev–Trinajstić information content (AvgIpc) is 3.34. The quantitative estimate of drug-likeness (QED) is 0.358. The Balaban J connectivity index is 1.74. The number of ether oxygens (including phenoxy) is 1. The SMILES string of the molecule is CC(C)C[C@H](NC(=O)[C@H](Cc1ccccc1)NC(=O)OCc1ccccc1)c1csc(C(=O)O)n1. The number of carboxylic acid groups (broad SMARTS) is 1. The second-order valence-electron chi connectivity index (χ2n) is 8.52. The summed E-state index contributed by atoms with van der Waals surface area (Å²) in [5.41, 5.74) is 2.19. The number of nitrogens with zero attached hydrogens (tertiary/aromatic N) is 1. The highest BCUT2D eigenvalue weighted by molar-refractivity contribution is 7.11. The van der Waals surface area contributed by atoms with E-state index >= 15 is 0 Å². The monoisotopic (exact) mass is 495 g/mol. The van der Waals surface area contributed by atoms with Crippen molar-refractivity contribution in [3.63, 3.8) is 0 Å². The van der Waals surface area contributed by atoms with E-state index in [4.69, 9.17) is 4.74 Å². The van der Waals surface area contributed by atoms with Crippen LogP contribution in [0.2, 0.25) is 0 Å². The summed E-state index contributed by atoms with van der Waals surface area (Å²) in [5, 5.41) is 16.5. The van der Waals surface area contributed by atoms with Gasteiger partial charge in [-0.05, 0) is 23.5 Å². The van der Waals surface area contributed by atoms with Crippen molar-refractivity contribution in [1.82, 2.24) is 15.6 Å². The van der Waals surface area contributed by atoms with Gasteiger partial charge in [0.05, 0.1) is 11.7 Å². The van der Waals surface area contributed by atoms with Gasteiger partial charge in [-0.3, -0.25) is 4.79 Å². The summed E-state index contributed by atoms with van der Waals surface area (Å²) < 4.78 is 5.32. The largest absolute Gasteiger partial charge is 0.476 e. The number of aromatic nitrogens is 1. The Bertz CT molecular complexity index is 1120. The topological polar surface area (TPSA) is 118 Å². The molecule has 0 bridgehead atoms. The molecule has 0 spiro atoms. The Morgan fingerprint density at radius 2 is 1.60 bits per heavy atom. The molecule has 3 aromatic rings. The Hall–Kier alpha value is -3.72. The van der Waals surface area contributed by atoms with Crippen molar-refractivity contribution in [1.29, 1.82) is 0 Å². The summed E-state index contributed by atoms with van der Waals surface area (Å²) in [4.78, 5) is 41.3. The van der Waals surface area contributed by atoms with Gasteiger partial charge in [-0.25, -0.2) is 14.6 Å². The number of thiazole rings is 1. The zero-order chi connectivity index (χ0) is 25.2. The molecule has 35 heavy (non-hydrogen) atoms. The minimum absolute atomic E-state index is 0.0357. The molecule has 1 aromatic heterocycles. The maximum atomic E-state index is 13.3. The van der Waals surface area contributed by atoms with Crippen LogP contribution in [0.15, 0.2) is 66.0 Å². The van der Waals surface area contributed by atoms with Crippen LogP contribution in [0.3, 0.4) is 0 Å². The molecular formula is C26H29N3O5S. The fourth-order valence-electron chi connectivity index (χ4n) is 3.51. The molecule has 2 aromatic carbocycles. The first kappa shape index (κ1) is 25.9. The third-order valence-electron chi connectivity index (χ3n) is 5.19. The lowest BCUT2D eigenvalue weighted by Crippen LogP contribution is -2.49. The molecule has 0 unspecified atom stereocenters. The number of amides is 2. The van der Waals surface area contributed by atoms with Crippen LogP contribution >= 0.6 is 11.3 Å². The van der Waals surface area contributed by atoms with Crippen LogP contribution in [0.5, 0.6) is 0 Å². The van der Waals surface area contributed by atoms with Gasteiger partial charge in [-0.15, -0.1) is 11.3 Å². The number of carbonyl (C=O) groups is 3. The molecule has 1 heterocycles. The predicted molar refractivity (Wildman–Crippen MR) is 133 cm³/mol. The van der Waals surface area contributed by atoms with Crippen LogP contribution in [0.4, 0.5) is 4.79 Å². The van der Waals surface area contributed by atoms with Crippen LogP contribution in [-0.2, 0) is 22.6 Å². The molecular weight excluding hydrogens is 466 g/mol. The molecule has 3 N–H and O–H groups in total. The molecule has 2 amide bonds. The van der Waals surface area contributed by atoms with Gasteiger partial charge in [0.2, 0.25) is 10.9 Å². The molecule has 0 aliphatic heterocycles. The maximum absolute atomic E-state index is 13.3. The number of rotatable bonds is 11. The van der Waals surface area contributed by atoms with E-state index in [1.807, 2.05) is 74.5 Å². The first-order chi connectivity index (χ1) is 16.8. The van der Waals surface area contributed by atoms with E-state index in [0.29, 0.717) is 12.1 Å². The van der Waals surface area contributed by atoms with Crippen molar-refractivity contribution < 1.29 is 24.2 Å². The number of carboxylic acids is 1. The number of nitrogens with one attached hydrogen (secondary N) is 2. The van der Waals surface area contributed by atoms with Crippen LogP contribution in [0, 0.1) is 5.92 Å².